The van der Waals surface area contributed by atoms with Gasteiger partial charge in [-0.2, -0.15) is 5.10 Å². The Labute approximate surface area is 104 Å². The van der Waals surface area contributed by atoms with E-state index < -0.39 is 0 Å². The van der Waals surface area contributed by atoms with Gasteiger partial charge in [0.25, 0.3) is 0 Å². The van der Waals surface area contributed by atoms with E-state index in [0.29, 0.717) is 12.1 Å². The van der Waals surface area contributed by atoms with Crippen LogP contribution in [0.3, 0.4) is 0 Å². The van der Waals surface area contributed by atoms with Gasteiger partial charge in [0.05, 0.1) is 5.69 Å². The van der Waals surface area contributed by atoms with E-state index in [-0.39, 0.29) is 0 Å². The van der Waals surface area contributed by atoms with Crippen molar-refractivity contribution in [3.63, 3.8) is 0 Å². The minimum atomic E-state index is 0.329. The van der Waals surface area contributed by atoms with E-state index in [4.69, 9.17) is 4.74 Å². The molecule has 2 unspecified atom stereocenters. The van der Waals surface area contributed by atoms with Crippen molar-refractivity contribution in [1.82, 2.24) is 15.1 Å². The summed E-state index contributed by atoms with van der Waals surface area (Å²) in [4.78, 5) is 0. The Morgan fingerprint density at radius 3 is 2.47 bits per heavy atom. The third kappa shape index (κ3) is 3.54. The summed E-state index contributed by atoms with van der Waals surface area (Å²) >= 11 is 0. The van der Waals surface area contributed by atoms with Crippen LogP contribution in [-0.4, -0.2) is 29.5 Å². The molecule has 0 amide bonds. The zero-order chi connectivity index (χ0) is 13.0. The molecule has 0 aromatic carbocycles. The molecule has 0 saturated heterocycles. The van der Waals surface area contributed by atoms with E-state index in [0.717, 1.165) is 18.7 Å². The first-order valence-electron chi connectivity index (χ1n) is 6.22. The highest BCUT2D eigenvalue weighted by Crippen LogP contribution is 2.21. The molecule has 4 heteroatoms. The van der Waals surface area contributed by atoms with E-state index in [2.05, 4.69) is 38.1 Å². The van der Waals surface area contributed by atoms with Crippen molar-refractivity contribution >= 4 is 0 Å². The second-order valence-corrected chi connectivity index (χ2v) is 4.78. The molecule has 2 atom stereocenters. The largest absolute Gasteiger partial charge is 0.385 e. The maximum Gasteiger partial charge on any atom is 0.0644 e. The van der Waals surface area contributed by atoms with Crippen molar-refractivity contribution in [1.29, 1.82) is 0 Å². The van der Waals surface area contributed by atoms with Crippen LogP contribution in [-0.2, 0) is 11.8 Å². The van der Waals surface area contributed by atoms with Gasteiger partial charge < -0.3 is 10.1 Å². The van der Waals surface area contributed by atoms with Gasteiger partial charge in [0, 0.05) is 44.1 Å². The topological polar surface area (TPSA) is 39.1 Å². The molecule has 0 saturated carbocycles. The minimum Gasteiger partial charge on any atom is -0.385 e. The molecule has 1 heterocycles. The Balaban J connectivity index is 2.66. The van der Waals surface area contributed by atoms with Crippen molar-refractivity contribution in [2.45, 2.75) is 46.2 Å². The summed E-state index contributed by atoms with van der Waals surface area (Å²) in [6.45, 7) is 9.37. The third-order valence-electron chi connectivity index (χ3n) is 3.29. The fraction of sp³-hybridized carbons (Fsp3) is 0.769. The number of nitrogens with zero attached hydrogens (tertiary/aromatic N) is 2. The second kappa shape index (κ2) is 6.17. The molecule has 0 aliphatic heterocycles. The van der Waals surface area contributed by atoms with Crippen molar-refractivity contribution in [3.05, 3.63) is 17.0 Å². The summed E-state index contributed by atoms with van der Waals surface area (Å²) in [6.07, 6.45) is 1.03. The standard InChI is InChI=1S/C13H25N3O/c1-9(7-8-17-6)14-10(2)13-11(3)15-16(5)12(13)4/h9-10,14H,7-8H2,1-6H3. The Bertz CT molecular complexity index is 360. The summed E-state index contributed by atoms with van der Waals surface area (Å²) in [7, 11) is 3.73. The highest BCUT2D eigenvalue weighted by atomic mass is 16.5. The van der Waals surface area contributed by atoms with Gasteiger partial charge in [-0.05, 0) is 34.1 Å². The lowest BCUT2D eigenvalue weighted by Crippen LogP contribution is -2.30. The molecule has 1 aromatic rings. The van der Waals surface area contributed by atoms with Crippen molar-refractivity contribution in [3.8, 4) is 0 Å². The molecule has 17 heavy (non-hydrogen) atoms. The van der Waals surface area contributed by atoms with Gasteiger partial charge in [-0.3, -0.25) is 4.68 Å². The van der Waals surface area contributed by atoms with Crippen LogP contribution in [0, 0.1) is 13.8 Å². The Kier molecular flexibility index (Phi) is 5.15. The Hall–Kier alpha value is -0.870. The highest BCUT2D eigenvalue weighted by Gasteiger charge is 2.17. The number of methoxy groups -OCH3 is 1. The fourth-order valence-corrected chi connectivity index (χ4v) is 2.30. The van der Waals surface area contributed by atoms with Gasteiger partial charge in [-0.25, -0.2) is 0 Å². The van der Waals surface area contributed by atoms with Crippen LogP contribution in [0.15, 0.2) is 0 Å². The quantitative estimate of drug-likeness (QED) is 0.826. The molecule has 0 fully saturated rings. The number of rotatable bonds is 6. The first-order chi connectivity index (χ1) is 7.97. The molecule has 0 aliphatic rings. The molecule has 0 aliphatic carbocycles. The lowest BCUT2D eigenvalue weighted by molar-refractivity contribution is 0.183. The first-order valence-corrected chi connectivity index (χ1v) is 6.22. The van der Waals surface area contributed by atoms with E-state index in [1.807, 2.05) is 11.7 Å². The second-order valence-electron chi connectivity index (χ2n) is 4.78. The molecule has 0 spiro atoms. The maximum atomic E-state index is 5.09. The van der Waals surface area contributed by atoms with Crippen molar-refractivity contribution in [2.24, 2.45) is 7.05 Å². The summed E-state index contributed by atoms with van der Waals surface area (Å²) in [5, 5.41) is 8.05. The van der Waals surface area contributed by atoms with Crippen molar-refractivity contribution < 1.29 is 4.74 Å². The van der Waals surface area contributed by atoms with Gasteiger partial charge in [-0.15, -0.1) is 0 Å². The average molecular weight is 239 g/mol. The maximum absolute atomic E-state index is 5.09. The van der Waals surface area contributed by atoms with Crippen LogP contribution in [0.5, 0.6) is 0 Å². The Morgan fingerprint density at radius 1 is 1.35 bits per heavy atom. The molecule has 0 bridgehead atoms. The molecule has 1 N–H and O–H groups in total. The summed E-state index contributed by atoms with van der Waals surface area (Å²) < 4.78 is 7.04. The molecule has 4 nitrogen and oxygen atoms in total. The van der Waals surface area contributed by atoms with Gasteiger partial charge in [0.15, 0.2) is 0 Å². The van der Waals surface area contributed by atoms with Crippen LogP contribution >= 0.6 is 0 Å². The fourth-order valence-electron chi connectivity index (χ4n) is 2.30. The zero-order valence-corrected chi connectivity index (χ0v) is 11.9. The van der Waals surface area contributed by atoms with E-state index in [1.54, 1.807) is 7.11 Å². The van der Waals surface area contributed by atoms with Gasteiger partial charge in [0.2, 0.25) is 0 Å². The first kappa shape index (κ1) is 14.2. The molecule has 98 valence electrons. The van der Waals surface area contributed by atoms with E-state index >= 15 is 0 Å². The molecular formula is C13H25N3O. The van der Waals surface area contributed by atoms with Gasteiger partial charge >= 0.3 is 0 Å². The Morgan fingerprint density at radius 2 is 2.00 bits per heavy atom. The smallest absolute Gasteiger partial charge is 0.0644 e. The van der Waals surface area contributed by atoms with Gasteiger partial charge in [-0.1, -0.05) is 0 Å². The monoisotopic (exact) mass is 239 g/mol. The minimum absolute atomic E-state index is 0.329. The predicted octanol–water partition coefficient (Wildman–Crippen LogP) is 2.11. The van der Waals surface area contributed by atoms with E-state index in [9.17, 15) is 0 Å². The number of hydrogen-bond donors (Lipinski definition) is 1. The summed E-state index contributed by atoms with van der Waals surface area (Å²) in [5.74, 6) is 0. The number of aryl methyl sites for hydroxylation is 2. The van der Waals surface area contributed by atoms with Gasteiger partial charge in [0.1, 0.15) is 0 Å². The predicted molar refractivity (Wildman–Crippen MR) is 70.2 cm³/mol. The van der Waals surface area contributed by atoms with E-state index in [1.165, 1.54) is 11.3 Å². The molecule has 1 aromatic heterocycles. The molecule has 1 rings (SSSR count). The van der Waals surface area contributed by atoms with Crippen LogP contribution in [0.4, 0.5) is 0 Å². The number of ether oxygens (including phenoxy) is 1. The number of nitrogens with one attached hydrogen (secondary N) is 1. The lowest BCUT2D eigenvalue weighted by atomic mass is 10.1. The lowest BCUT2D eigenvalue weighted by Gasteiger charge is -2.20. The van der Waals surface area contributed by atoms with Crippen LogP contribution in [0.25, 0.3) is 0 Å². The van der Waals surface area contributed by atoms with Crippen LogP contribution in [0.1, 0.15) is 43.3 Å². The average Bonchev–Trinajstić information content (AvgIpc) is 2.50. The molecule has 0 radical (unpaired) electrons. The molecular weight excluding hydrogens is 214 g/mol. The van der Waals surface area contributed by atoms with Crippen LogP contribution in [0.2, 0.25) is 0 Å². The number of aromatic nitrogens is 2. The van der Waals surface area contributed by atoms with Crippen molar-refractivity contribution in [2.75, 3.05) is 13.7 Å². The summed E-state index contributed by atoms with van der Waals surface area (Å²) in [5.41, 5.74) is 3.67. The summed E-state index contributed by atoms with van der Waals surface area (Å²) in [6, 6.07) is 0.777. The highest BCUT2D eigenvalue weighted by molar-refractivity contribution is 5.27. The number of hydrogen-bond acceptors (Lipinski definition) is 3. The SMILES string of the molecule is COCCC(C)NC(C)c1c(C)nn(C)c1C. The van der Waals surface area contributed by atoms with Crippen LogP contribution < -0.4 is 5.32 Å². The normalized spacial score (nSPS) is 14.9. The zero-order valence-electron chi connectivity index (χ0n) is 11.9. The third-order valence-corrected chi connectivity index (χ3v) is 3.29.